The molecule has 11 heteroatoms. The summed E-state index contributed by atoms with van der Waals surface area (Å²) in [6.45, 7) is 0.194. The lowest BCUT2D eigenvalue weighted by Crippen LogP contribution is -2.47. The zero-order chi connectivity index (χ0) is 27.2. The van der Waals surface area contributed by atoms with Crippen LogP contribution in [-0.4, -0.2) is 53.3 Å². The largest absolute Gasteiger partial charge is 0.472 e. The molecule has 198 valence electrons. The van der Waals surface area contributed by atoms with Gasteiger partial charge in [0.05, 0.1) is 28.9 Å². The molecule has 1 N–H and O–H groups in total. The number of benzene rings is 2. The van der Waals surface area contributed by atoms with Crippen LogP contribution in [-0.2, 0) is 0 Å². The molecule has 5 aromatic rings. The van der Waals surface area contributed by atoms with Gasteiger partial charge in [0.25, 0.3) is 5.91 Å². The number of pyridine rings is 1. The van der Waals surface area contributed by atoms with E-state index >= 15 is 0 Å². The minimum absolute atomic E-state index is 0.0176. The van der Waals surface area contributed by atoms with Gasteiger partial charge in [-0.1, -0.05) is 23.7 Å². The number of ether oxygens (including phenoxy) is 1. The molecular weight excluding hydrogens is 528 g/mol. The van der Waals surface area contributed by atoms with Crippen molar-refractivity contribution >= 4 is 28.5 Å². The minimum atomic E-state index is -0.0725. The standard InChI is InChI=1S/C29H23ClN8O2/c30-18-8-9-26-22(10-18)29(39)37(16-40-26)19-5-3-6-20(11-19)38-25-12-23(27-33-15-34-36-27)32-14-24(25)35-28(38)21-7-2-1-4-17(21)13-31/h1-2,4,7-10,12,14-15,19-20H,3,5-6,11,16H2,(H,33,34,36)/t19-,20+/m0/s1. The molecule has 7 rings (SSSR count). The second-order valence-electron chi connectivity index (χ2n) is 10.0. The molecule has 2 aliphatic rings. The first kappa shape index (κ1) is 24.3. The molecule has 40 heavy (non-hydrogen) atoms. The van der Waals surface area contributed by atoms with Gasteiger partial charge in [-0.2, -0.15) is 10.4 Å². The molecule has 1 amide bonds. The van der Waals surface area contributed by atoms with Crippen molar-refractivity contribution in [1.82, 2.24) is 34.6 Å². The second-order valence-corrected chi connectivity index (χ2v) is 10.5. The Hall–Kier alpha value is -4.75. The molecule has 3 aromatic heterocycles. The smallest absolute Gasteiger partial charge is 0.260 e. The molecule has 4 heterocycles. The number of hydrogen-bond donors (Lipinski definition) is 1. The van der Waals surface area contributed by atoms with E-state index in [0.717, 1.165) is 30.3 Å². The van der Waals surface area contributed by atoms with Gasteiger partial charge in [0.15, 0.2) is 12.6 Å². The molecule has 2 atom stereocenters. The van der Waals surface area contributed by atoms with Crippen LogP contribution in [0.1, 0.15) is 47.6 Å². The van der Waals surface area contributed by atoms with Gasteiger partial charge in [0, 0.05) is 22.7 Å². The quantitative estimate of drug-likeness (QED) is 0.318. The molecule has 1 aliphatic heterocycles. The highest BCUT2D eigenvalue weighted by molar-refractivity contribution is 6.31. The highest BCUT2D eigenvalue weighted by Crippen LogP contribution is 2.40. The Bertz CT molecular complexity index is 1790. The van der Waals surface area contributed by atoms with Crippen LogP contribution in [0, 0.1) is 11.3 Å². The van der Waals surface area contributed by atoms with Gasteiger partial charge in [0.1, 0.15) is 29.1 Å². The van der Waals surface area contributed by atoms with Crippen molar-refractivity contribution in [2.45, 2.75) is 37.8 Å². The molecule has 0 bridgehead atoms. The van der Waals surface area contributed by atoms with E-state index in [0.29, 0.717) is 51.2 Å². The summed E-state index contributed by atoms with van der Waals surface area (Å²) >= 11 is 6.20. The van der Waals surface area contributed by atoms with Crippen molar-refractivity contribution in [3.05, 3.63) is 77.2 Å². The summed E-state index contributed by atoms with van der Waals surface area (Å²) in [5.74, 6) is 1.74. The Morgan fingerprint density at radius 2 is 1.95 bits per heavy atom. The summed E-state index contributed by atoms with van der Waals surface area (Å²) in [4.78, 5) is 29.1. The fraction of sp³-hybridized carbons (Fsp3) is 0.241. The molecule has 2 aromatic carbocycles. The third-order valence-corrected chi connectivity index (χ3v) is 7.97. The first-order chi connectivity index (χ1) is 19.6. The van der Waals surface area contributed by atoms with Crippen molar-refractivity contribution in [2.75, 3.05) is 6.73 Å². The van der Waals surface area contributed by atoms with Crippen LogP contribution in [0.3, 0.4) is 0 Å². The number of aromatic amines is 1. The third kappa shape index (κ3) is 4.06. The molecular formula is C29H23ClN8O2. The summed E-state index contributed by atoms with van der Waals surface area (Å²) < 4.78 is 8.17. The van der Waals surface area contributed by atoms with Gasteiger partial charge in [-0.15, -0.1) is 0 Å². The molecule has 0 spiro atoms. The number of halogens is 1. The Morgan fingerprint density at radius 3 is 2.80 bits per heavy atom. The number of H-pyrrole nitrogens is 1. The van der Waals surface area contributed by atoms with E-state index in [9.17, 15) is 10.1 Å². The Labute approximate surface area is 234 Å². The maximum Gasteiger partial charge on any atom is 0.260 e. The number of imidazole rings is 1. The number of nitriles is 1. The van der Waals surface area contributed by atoms with E-state index in [1.54, 1.807) is 30.5 Å². The fourth-order valence-corrected chi connectivity index (χ4v) is 6.04. The van der Waals surface area contributed by atoms with Crippen molar-refractivity contribution in [3.63, 3.8) is 0 Å². The van der Waals surface area contributed by atoms with E-state index in [-0.39, 0.29) is 24.7 Å². The van der Waals surface area contributed by atoms with Gasteiger partial charge in [-0.05, 0) is 62.1 Å². The molecule has 10 nitrogen and oxygen atoms in total. The average Bonchev–Trinajstić information content (AvgIpc) is 3.66. The Morgan fingerprint density at radius 1 is 1.07 bits per heavy atom. The van der Waals surface area contributed by atoms with Gasteiger partial charge < -0.3 is 14.2 Å². The van der Waals surface area contributed by atoms with Gasteiger partial charge in [-0.25, -0.2) is 9.97 Å². The van der Waals surface area contributed by atoms with Crippen LogP contribution in [0.2, 0.25) is 5.02 Å². The highest BCUT2D eigenvalue weighted by Gasteiger charge is 2.36. The summed E-state index contributed by atoms with van der Waals surface area (Å²) in [7, 11) is 0. The fourth-order valence-electron chi connectivity index (χ4n) is 5.87. The normalized spacial score (nSPS) is 18.8. The summed E-state index contributed by atoms with van der Waals surface area (Å²) in [5, 5.41) is 17.2. The van der Waals surface area contributed by atoms with Crippen molar-refractivity contribution in [2.24, 2.45) is 0 Å². The third-order valence-electron chi connectivity index (χ3n) is 7.74. The molecule has 1 aliphatic carbocycles. The number of nitrogens with one attached hydrogen (secondary N) is 1. The lowest BCUT2D eigenvalue weighted by molar-refractivity contribution is 0.0280. The topological polar surface area (TPSA) is 126 Å². The monoisotopic (exact) mass is 550 g/mol. The maximum atomic E-state index is 13.5. The Balaban J connectivity index is 1.31. The van der Waals surface area contributed by atoms with E-state index in [1.807, 2.05) is 29.2 Å². The minimum Gasteiger partial charge on any atom is -0.472 e. The van der Waals surface area contributed by atoms with Gasteiger partial charge in [0.2, 0.25) is 0 Å². The number of rotatable bonds is 4. The van der Waals surface area contributed by atoms with Crippen LogP contribution >= 0.6 is 11.6 Å². The molecule has 1 fully saturated rings. The van der Waals surface area contributed by atoms with Crippen LogP contribution < -0.4 is 4.74 Å². The summed E-state index contributed by atoms with van der Waals surface area (Å²) in [6, 6.07) is 16.9. The number of carbonyl (C=O) groups excluding carboxylic acids is 1. The van der Waals surface area contributed by atoms with E-state index in [4.69, 9.17) is 21.3 Å². The zero-order valence-electron chi connectivity index (χ0n) is 21.3. The molecule has 0 radical (unpaired) electrons. The van der Waals surface area contributed by atoms with E-state index < -0.39 is 0 Å². The first-order valence-electron chi connectivity index (χ1n) is 13.1. The van der Waals surface area contributed by atoms with E-state index in [2.05, 4.69) is 30.8 Å². The van der Waals surface area contributed by atoms with E-state index in [1.165, 1.54) is 6.33 Å². The van der Waals surface area contributed by atoms with Crippen molar-refractivity contribution in [1.29, 1.82) is 5.26 Å². The van der Waals surface area contributed by atoms with Gasteiger partial charge in [-0.3, -0.25) is 14.9 Å². The molecule has 0 saturated heterocycles. The van der Waals surface area contributed by atoms with Crippen molar-refractivity contribution < 1.29 is 9.53 Å². The van der Waals surface area contributed by atoms with Crippen molar-refractivity contribution in [3.8, 4) is 34.7 Å². The lowest BCUT2D eigenvalue weighted by atomic mass is 9.89. The second kappa shape index (κ2) is 9.77. The average molecular weight is 551 g/mol. The predicted octanol–water partition coefficient (Wildman–Crippen LogP) is 5.38. The van der Waals surface area contributed by atoms with Crippen LogP contribution in [0.25, 0.3) is 33.9 Å². The summed E-state index contributed by atoms with van der Waals surface area (Å²) in [5.41, 5.74) is 4.03. The maximum absolute atomic E-state index is 13.5. The highest BCUT2D eigenvalue weighted by atomic mass is 35.5. The number of amides is 1. The Kier molecular flexibility index (Phi) is 5.94. The summed E-state index contributed by atoms with van der Waals surface area (Å²) in [6.07, 6.45) is 6.56. The number of aromatic nitrogens is 6. The SMILES string of the molecule is N#Cc1ccccc1-c1nc2cnc(-c3ncn[nH]3)cc2n1[C@@H]1CCC[C@H](N2COc3ccc(Cl)cc3C2=O)C1. The number of carbonyl (C=O) groups is 1. The van der Waals surface area contributed by atoms with Crippen LogP contribution in [0.15, 0.2) is 61.1 Å². The molecule has 0 unspecified atom stereocenters. The molecule has 1 saturated carbocycles. The van der Waals surface area contributed by atoms with Gasteiger partial charge >= 0.3 is 0 Å². The number of nitrogens with zero attached hydrogens (tertiary/aromatic N) is 7. The van der Waals surface area contributed by atoms with Crippen LogP contribution in [0.4, 0.5) is 0 Å². The van der Waals surface area contributed by atoms with Crippen LogP contribution in [0.5, 0.6) is 5.75 Å². The predicted molar refractivity (Wildman–Crippen MR) is 147 cm³/mol. The first-order valence-corrected chi connectivity index (χ1v) is 13.4. The zero-order valence-corrected chi connectivity index (χ0v) is 22.0. The lowest BCUT2D eigenvalue weighted by Gasteiger charge is -2.40. The number of fused-ring (bicyclic) bond motifs is 2. The number of hydrogen-bond acceptors (Lipinski definition) is 7.